The number of carbonyl (C=O) groups is 1. The van der Waals surface area contributed by atoms with Crippen LogP contribution in [0.2, 0.25) is 10.0 Å². The zero-order valence-electron chi connectivity index (χ0n) is 9.04. The van der Waals surface area contributed by atoms with E-state index in [1.165, 1.54) is 0 Å². The Hall–Kier alpha value is -0.770. The van der Waals surface area contributed by atoms with E-state index in [0.717, 1.165) is 5.56 Å². The van der Waals surface area contributed by atoms with Gasteiger partial charge < -0.3 is 10.6 Å². The molecule has 0 aliphatic rings. The first-order valence-electron chi connectivity index (χ1n) is 4.92. The maximum atomic E-state index is 11.5. The van der Waals surface area contributed by atoms with Gasteiger partial charge in [0.15, 0.2) is 0 Å². The van der Waals surface area contributed by atoms with Crippen LogP contribution in [-0.2, 0) is 11.3 Å². The van der Waals surface area contributed by atoms with Gasteiger partial charge in [0.25, 0.3) is 0 Å². The SMILES string of the molecule is CN(Cc1ccc(Cl)c(Cl)c1)C(=O)CCN. The minimum atomic E-state index is 0.0218. The standard InChI is InChI=1S/C11H14Cl2N2O/c1-15(11(16)4-5-14)7-8-2-3-9(12)10(13)6-8/h2-3,6H,4-5,7,14H2,1H3. The number of halogens is 2. The molecule has 1 rings (SSSR count). The highest BCUT2D eigenvalue weighted by Gasteiger charge is 2.08. The minimum absolute atomic E-state index is 0.0218. The van der Waals surface area contributed by atoms with Crippen molar-refractivity contribution in [3.05, 3.63) is 33.8 Å². The van der Waals surface area contributed by atoms with Gasteiger partial charge in [0.05, 0.1) is 10.0 Å². The third-order valence-electron chi connectivity index (χ3n) is 2.19. The number of rotatable bonds is 4. The van der Waals surface area contributed by atoms with Crippen molar-refractivity contribution in [1.82, 2.24) is 4.90 Å². The topological polar surface area (TPSA) is 46.3 Å². The lowest BCUT2D eigenvalue weighted by atomic mass is 10.2. The molecule has 1 aromatic carbocycles. The molecule has 0 heterocycles. The van der Waals surface area contributed by atoms with Crippen molar-refractivity contribution < 1.29 is 4.79 Å². The van der Waals surface area contributed by atoms with E-state index in [1.807, 2.05) is 6.07 Å². The van der Waals surface area contributed by atoms with Crippen LogP contribution in [0.1, 0.15) is 12.0 Å². The van der Waals surface area contributed by atoms with Crippen molar-refractivity contribution in [1.29, 1.82) is 0 Å². The monoisotopic (exact) mass is 260 g/mol. The molecule has 0 spiro atoms. The summed E-state index contributed by atoms with van der Waals surface area (Å²) in [6, 6.07) is 5.33. The van der Waals surface area contributed by atoms with E-state index in [1.54, 1.807) is 24.1 Å². The second-order valence-corrected chi connectivity index (χ2v) is 4.35. The summed E-state index contributed by atoms with van der Waals surface area (Å²) in [5, 5.41) is 1.01. The van der Waals surface area contributed by atoms with Crippen LogP contribution in [0.25, 0.3) is 0 Å². The van der Waals surface area contributed by atoms with Gasteiger partial charge in [0.2, 0.25) is 5.91 Å². The van der Waals surface area contributed by atoms with Gasteiger partial charge >= 0.3 is 0 Å². The van der Waals surface area contributed by atoms with Crippen LogP contribution >= 0.6 is 23.2 Å². The highest BCUT2D eigenvalue weighted by molar-refractivity contribution is 6.42. The number of nitrogens with zero attached hydrogens (tertiary/aromatic N) is 1. The number of amides is 1. The van der Waals surface area contributed by atoms with Gasteiger partial charge in [-0.1, -0.05) is 29.3 Å². The summed E-state index contributed by atoms with van der Waals surface area (Å²) in [6.45, 7) is 0.875. The van der Waals surface area contributed by atoms with Gasteiger partial charge in [-0.3, -0.25) is 4.79 Å². The molecule has 0 unspecified atom stereocenters. The third kappa shape index (κ3) is 3.67. The Bertz CT molecular complexity index is 382. The van der Waals surface area contributed by atoms with E-state index < -0.39 is 0 Å². The van der Waals surface area contributed by atoms with Crippen molar-refractivity contribution in [2.75, 3.05) is 13.6 Å². The summed E-state index contributed by atoms with van der Waals surface area (Å²) in [4.78, 5) is 13.1. The normalized spacial score (nSPS) is 10.2. The lowest BCUT2D eigenvalue weighted by molar-refractivity contribution is -0.130. The Kier molecular flexibility index (Phi) is 5.06. The molecule has 5 heteroatoms. The molecule has 88 valence electrons. The van der Waals surface area contributed by atoms with Crippen LogP contribution in [0, 0.1) is 0 Å². The Labute approximate surface area is 105 Å². The van der Waals surface area contributed by atoms with E-state index in [0.29, 0.717) is 29.6 Å². The first-order chi connectivity index (χ1) is 7.54. The van der Waals surface area contributed by atoms with Gasteiger partial charge in [0.1, 0.15) is 0 Å². The maximum absolute atomic E-state index is 11.5. The molecule has 0 aromatic heterocycles. The second kappa shape index (κ2) is 6.09. The van der Waals surface area contributed by atoms with Gasteiger partial charge in [-0.2, -0.15) is 0 Å². The molecule has 16 heavy (non-hydrogen) atoms. The highest BCUT2D eigenvalue weighted by atomic mass is 35.5. The summed E-state index contributed by atoms with van der Waals surface area (Å²) in [7, 11) is 1.74. The summed E-state index contributed by atoms with van der Waals surface area (Å²) in [5.41, 5.74) is 6.27. The molecular formula is C11H14Cl2N2O. The molecule has 0 saturated carbocycles. The van der Waals surface area contributed by atoms with E-state index in [9.17, 15) is 4.79 Å². The van der Waals surface area contributed by atoms with Crippen molar-refractivity contribution >= 4 is 29.1 Å². The first-order valence-corrected chi connectivity index (χ1v) is 5.68. The molecule has 1 amide bonds. The molecule has 0 atom stereocenters. The van der Waals surface area contributed by atoms with E-state index in [-0.39, 0.29) is 5.91 Å². The average Bonchev–Trinajstić information content (AvgIpc) is 2.24. The van der Waals surface area contributed by atoms with Crippen LogP contribution in [0.3, 0.4) is 0 Å². The largest absolute Gasteiger partial charge is 0.341 e. The number of carbonyl (C=O) groups excluding carboxylic acids is 1. The third-order valence-corrected chi connectivity index (χ3v) is 2.93. The Balaban J connectivity index is 2.66. The molecular weight excluding hydrogens is 247 g/mol. The zero-order valence-corrected chi connectivity index (χ0v) is 10.6. The fourth-order valence-corrected chi connectivity index (χ4v) is 1.64. The van der Waals surface area contributed by atoms with Crippen LogP contribution in [0.4, 0.5) is 0 Å². The number of hydrogen-bond acceptors (Lipinski definition) is 2. The predicted molar refractivity (Wildman–Crippen MR) is 66.6 cm³/mol. The van der Waals surface area contributed by atoms with Crippen LogP contribution in [0.5, 0.6) is 0 Å². The van der Waals surface area contributed by atoms with Gasteiger partial charge in [-0.25, -0.2) is 0 Å². The van der Waals surface area contributed by atoms with E-state index >= 15 is 0 Å². The van der Waals surface area contributed by atoms with Gasteiger partial charge in [-0.15, -0.1) is 0 Å². The maximum Gasteiger partial charge on any atom is 0.223 e. The van der Waals surface area contributed by atoms with Crippen LogP contribution in [0.15, 0.2) is 18.2 Å². The highest BCUT2D eigenvalue weighted by Crippen LogP contribution is 2.23. The van der Waals surface area contributed by atoms with Gasteiger partial charge in [0, 0.05) is 26.6 Å². The molecule has 1 aromatic rings. The summed E-state index contributed by atoms with van der Waals surface area (Å²) in [6.07, 6.45) is 0.359. The average molecular weight is 261 g/mol. The predicted octanol–water partition coefficient (Wildman–Crippen LogP) is 2.30. The van der Waals surface area contributed by atoms with Gasteiger partial charge in [-0.05, 0) is 17.7 Å². The molecule has 0 aliphatic heterocycles. The van der Waals surface area contributed by atoms with Crippen molar-refractivity contribution in [2.45, 2.75) is 13.0 Å². The number of nitrogens with two attached hydrogens (primary N) is 1. The Morgan fingerprint density at radius 2 is 2.06 bits per heavy atom. The molecule has 2 N–H and O–H groups in total. The minimum Gasteiger partial charge on any atom is -0.341 e. The summed E-state index contributed by atoms with van der Waals surface area (Å²) < 4.78 is 0. The fraction of sp³-hybridized carbons (Fsp3) is 0.364. The molecule has 0 saturated heterocycles. The Morgan fingerprint density at radius 3 is 2.62 bits per heavy atom. The fourth-order valence-electron chi connectivity index (χ4n) is 1.31. The van der Waals surface area contributed by atoms with E-state index in [4.69, 9.17) is 28.9 Å². The Morgan fingerprint density at radius 1 is 1.38 bits per heavy atom. The molecule has 3 nitrogen and oxygen atoms in total. The summed E-state index contributed by atoms with van der Waals surface area (Å²) >= 11 is 11.7. The number of benzene rings is 1. The molecule has 0 fully saturated rings. The van der Waals surface area contributed by atoms with Crippen LogP contribution in [-0.4, -0.2) is 24.4 Å². The molecule has 0 radical (unpaired) electrons. The second-order valence-electron chi connectivity index (χ2n) is 3.54. The van der Waals surface area contributed by atoms with Crippen LogP contribution < -0.4 is 5.73 Å². The molecule has 0 bridgehead atoms. The van der Waals surface area contributed by atoms with E-state index in [2.05, 4.69) is 0 Å². The van der Waals surface area contributed by atoms with Crippen molar-refractivity contribution in [3.63, 3.8) is 0 Å². The first kappa shape index (κ1) is 13.3. The lowest BCUT2D eigenvalue weighted by Gasteiger charge is -2.17. The van der Waals surface area contributed by atoms with Crippen molar-refractivity contribution in [2.24, 2.45) is 5.73 Å². The number of hydrogen-bond donors (Lipinski definition) is 1. The quantitative estimate of drug-likeness (QED) is 0.903. The summed E-state index contributed by atoms with van der Waals surface area (Å²) in [5.74, 6) is 0.0218. The lowest BCUT2D eigenvalue weighted by Crippen LogP contribution is -2.27. The smallest absolute Gasteiger partial charge is 0.223 e. The van der Waals surface area contributed by atoms with Crippen molar-refractivity contribution in [3.8, 4) is 0 Å². The zero-order chi connectivity index (χ0) is 12.1. The molecule has 0 aliphatic carbocycles.